The van der Waals surface area contributed by atoms with Crippen LogP contribution in [0.15, 0.2) is 24.3 Å². The summed E-state index contributed by atoms with van der Waals surface area (Å²) in [6.45, 7) is 0.239. The number of cyclic esters (lactones) is 1. The van der Waals surface area contributed by atoms with Gasteiger partial charge in [0.2, 0.25) is 6.10 Å². The molecule has 0 unspecified atom stereocenters. The van der Waals surface area contributed by atoms with Crippen LogP contribution in [0.4, 0.5) is 0 Å². The zero-order valence-corrected chi connectivity index (χ0v) is 14.7. The van der Waals surface area contributed by atoms with Crippen molar-refractivity contribution in [3.8, 4) is 0 Å². The van der Waals surface area contributed by atoms with Gasteiger partial charge in [0.1, 0.15) is 6.04 Å². The number of thioether (sulfide) groups is 1. The van der Waals surface area contributed by atoms with Crippen LogP contribution in [0.3, 0.4) is 0 Å². The van der Waals surface area contributed by atoms with Crippen LogP contribution in [0, 0.1) is 0 Å². The number of hydrogen-bond donors (Lipinski definition) is 1. The van der Waals surface area contributed by atoms with Gasteiger partial charge < -0.3 is 14.8 Å². The molecule has 1 fully saturated rings. The Morgan fingerprint density at radius 3 is 2.71 bits per heavy atom. The molecule has 1 amide bonds. The molecule has 6 nitrogen and oxygen atoms in total. The Morgan fingerprint density at radius 2 is 2.12 bits per heavy atom. The molecule has 8 heteroatoms. The molecule has 130 valence electrons. The molecule has 0 aromatic heterocycles. The second-order valence-corrected chi connectivity index (χ2v) is 6.62. The predicted octanol–water partition coefficient (Wildman–Crippen LogP) is 2.05. The molecular formula is C16H18ClNO5S. The fourth-order valence-corrected chi connectivity index (χ4v) is 2.73. The number of nitrogens with one attached hydrogen (secondary N) is 1. The minimum Gasteiger partial charge on any atom is -0.463 e. The van der Waals surface area contributed by atoms with Gasteiger partial charge >= 0.3 is 11.9 Å². The first kappa shape index (κ1) is 18.6. The highest BCUT2D eigenvalue weighted by Gasteiger charge is 2.33. The summed E-state index contributed by atoms with van der Waals surface area (Å²) in [6.07, 6.45) is 1.76. The van der Waals surface area contributed by atoms with E-state index in [1.54, 1.807) is 36.0 Å². The monoisotopic (exact) mass is 371 g/mol. The van der Waals surface area contributed by atoms with E-state index in [1.807, 2.05) is 6.26 Å². The Balaban J connectivity index is 2.00. The first-order valence-electron chi connectivity index (χ1n) is 7.43. The fraction of sp³-hybridized carbons (Fsp3) is 0.438. The number of hydrogen-bond acceptors (Lipinski definition) is 6. The summed E-state index contributed by atoms with van der Waals surface area (Å²) in [5.41, 5.74) is 0.390. The Morgan fingerprint density at radius 1 is 1.42 bits per heavy atom. The third-order valence-electron chi connectivity index (χ3n) is 3.45. The molecule has 1 heterocycles. The van der Waals surface area contributed by atoms with Crippen LogP contribution in [-0.2, 0) is 19.1 Å². The lowest BCUT2D eigenvalue weighted by Gasteiger charge is -2.19. The van der Waals surface area contributed by atoms with Crippen LogP contribution in [0.2, 0.25) is 5.02 Å². The number of ether oxygens (including phenoxy) is 2. The van der Waals surface area contributed by atoms with Crippen LogP contribution < -0.4 is 5.32 Å². The molecule has 1 aliphatic rings. The summed E-state index contributed by atoms with van der Waals surface area (Å²) in [5.74, 6) is -0.912. The highest BCUT2D eigenvalue weighted by Crippen LogP contribution is 2.14. The summed E-state index contributed by atoms with van der Waals surface area (Å²) in [6, 6.07) is 5.51. The van der Waals surface area contributed by atoms with E-state index in [1.165, 1.54) is 0 Å². The second kappa shape index (κ2) is 8.94. The lowest BCUT2D eigenvalue weighted by molar-refractivity contribution is -0.161. The zero-order valence-electron chi connectivity index (χ0n) is 13.1. The van der Waals surface area contributed by atoms with Crippen molar-refractivity contribution in [2.75, 3.05) is 18.6 Å². The van der Waals surface area contributed by atoms with Crippen molar-refractivity contribution < 1.29 is 23.9 Å². The molecule has 2 rings (SSSR count). The molecule has 24 heavy (non-hydrogen) atoms. The lowest BCUT2D eigenvalue weighted by Crippen LogP contribution is -2.44. The van der Waals surface area contributed by atoms with Crippen LogP contribution >= 0.6 is 23.4 Å². The fourth-order valence-electron chi connectivity index (χ4n) is 2.13. The number of benzene rings is 1. The molecule has 0 spiro atoms. The molecule has 0 bridgehead atoms. The molecule has 1 aromatic rings. The molecule has 0 aliphatic carbocycles. The quantitative estimate of drug-likeness (QED) is 0.739. The Kier molecular flexibility index (Phi) is 6.93. The van der Waals surface area contributed by atoms with E-state index < -0.39 is 30.0 Å². The van der Waals surface area contributed by atoms with E-state index in [-0.39, 0.29) is 6.61 Å². The summed E-state index contributed by atoms with van der Waals surface area (Å²) >= 11 is 7.34. The first-order chi connectivity index (χ1) is 11.5. The highest BCUT2D eigenvalue weighted by molar-refractivity contribution is 7.98. The maximum Gasteiger partial charge on any atom is 0.347 e. The SMILES string of the molecule is CSCC[C@@H](NC(=O)c1ccc(Cl)cc1)C(=O)O[C@@H]1CCOC1=O. The number of halogens is 1. The van der Waals surface area contributed by atoms with Crippen LogP contribution in [-0.4, -0.2) is 48.6 Å². The number of amides is 1. The van der Waals surface area contributed by atoms with Gasteiger partial charge in [0.25, 0.3) is 5.91 Å². The maximum absolute atomic E-state index is 12.3. The standard InChI is InChI=1S/C16H18ClNO5S/c1-24-9-7-12(15(20)23-13-6-8-22-16(13)21)18-14(19)10-2-4-11(17)5-3-10/h2-5,12-13H,6-9H2,1H3,(H,18,19)/t12-,13-/m1/s1. The molecule has 1 N–H and O–H groups in total. The van der Waals surface area contributed by atoms with E-state index in [9.17, 15) is 14.4 Å². The van der Waals surface area contributed by atoms with Gasteiger partial charge in [0.05, 0.1) is 6.61 Å². The van der Waals surface area contributed by atoms with Crippen molar-refractivity contribution in [1.29, 1.82) is 0 Å². The van der Waals surface area contributed by atoms with Gasteiger partial charge in [-0.05, 0) is 42.7 Å². The van der Waals surface area contributed by atoms with Gasteiger partial charge in [-0.25, -0.2) is 9.59 Å². The van der Waals surface area contributed by atoms with E-state index in [4.69, 9.17) is 21.1 Å². The summed E-state index contributed by atoms with van der Waals surface area (Å²) in [5, 5.41) is 3.17. The van der Waals surface area contributed by atoms with Gasteiger partial charge in [0.15, 0.2) is 0 Å². The van der Waals surface area contributed by atoms with Gasteiger partial charge in [-0.2, -0.15) is 11.8 Å². The molecule has 0 saturated carbocycles. The summed E-state index contributed by atoms with van der Waals surface area (Å²) in [7, 11) is 0. The molecule has 0 radical (unpaired) electrons. The van der Waals surface area contributed by atoms with E-state index >= 15 is 0 Å². The molecular weight excluding hydrogens is 354 g/mol. The Hall–Kier alpha value is -1.73. The van der Waals surface area contributed by atoms with Crippen molar-refractivity contribution >= 4 is 41.2 Å². The smallest absolute Gasteiger partial charge is 0.347 e. The van der Waals surface area contributed by atoms with Gasteiger partial charge in [-0.3, -0.25) is 4.79 Å². The average Bonchev–Trinajstić information content (AvgIpc) is 2.96. The Labute approximate surface area is 149 Å². The van der Waals surface area contributed by atoms with Crippen molar-refractivity contribution in [2.45, 2.75) is 25.0 Å². The third kappa shape index (κ3) is 5.14. The Bertz CT molecular complexity index is 607. The van der Waals surface area contributed by atoms with Crippen molar-refractivity contribution in [3.63, 3.8) is 0 Å². The van der Waals surface area contributed by atoms with E-state index in [0.29, 0.717) is 29.2 Å². The van der Waals surface area contributed by atoms with E-state index in [0.717, 1.165) is 0 Å². The van der Waals surface area contributed by atoms with Gasteiger partial charge in [-0.15, -0.1) is 0 Å². The normalized spacial score (nSPS) is 17.9. The van der Waals surface area contributed by atoms with Crippen molar-refractivity contribution in [3.05, 3.63) is 34.9 Å². The van der Waals surface area contributed by atoms with Crippen molar-refractivity contribution in [1.82, 2.24) is 5.32 Å². The molecule has 1 aliphatic heterocycles. The summed E-state index contributed by atoms with van der Waals surface area (Å²) < 4.78 is 9.95. The zero-order chi connectivity index (χ0) is 17.5. The highest BCUT2D eigenvalue weighted by atomic mass is 35.5. The van der Waals surface area contributed by atoms with Crippen molar-refractivity contribution in [2.24, 2.45) is 0 Å². The number of carbonyl (C=O) groups excluding carboxylic acids is 3. The number of esters is 2. The molecule has 1 saturated heterocycles. The van der Waals surface area contributed by atoms with Crippen LogP contribution in [0.25, 0.3) is 0 Å². The minimum atomic E-state index is -0.887. The second-order valence-electron chi connectivity index (χ2n) is 5.20. The molecule has 2 atom stereocenters. The minimum absolute atomic E-state index is 0.239. The van der Waals surface area contributed by atoms with Gasteiger partial charge in [-0.1, -0.05) is 11.6 Å². The average molecular weight is 372 g/mol. The maximum atomic E-state index is 12.3. The number of rotatable bonds is 7. The topological polar surface area (TPSA) is 81.7 Å². The first-order valence-corrected chi connectivity index (χ1v) is 9.21. The third-order valence-corrected chi connectivity index (χ3v) is 4.35. The molecule has 1 aromatic carbocycles. The van der Waals surface area contributed by atoms with E-state index in [2.05, 4.69) is 5.32 Å². The lowest BCUT2D eigenvalue weighted by atomic mass is 10.1. The van der Waals surface area contributed by atoms with Crippen LogP contribution in [0.1, 0.15) is 23.2 Å². The van der Waals surface area contributed by atoms with Gasteiger partial charge in [0, 0.05) is 17.0 Å². The largest absolute Gasteiger partial charge is 0.463 e. The predicted molar refractivity (Wildman–Crippen MR) is 91.2 cm³/mol. The number of carbonyl (C=O) groups is 3. The summed E-state index contributed by atoms with van der Waals surface area (Å²) in [4.78, 5) is 36.0. The van der Waals surface area contributed by atoms with Crippen LogP contribution in [0.5, 0.6) is 0 Å².